The number of benzene rings is 2. The van der Waals surface area contributed by atoms with Crippen molar-refractivity contribution in [2.45, 2.75) is 64.6 Å². The van der Waals surface area contributed by atoms with Crippen LogP contribution in [-0.4, -0.2) is 97.1 Å². The number of hydrogen-bond acceptors (Lipinski definition) is 13. The number of hydrogen-bond donors (Lipinski definition) is 3. The van der Waals surface area contributed by atoms with Gasteiger partial charge in [0.15, 0.2) is 5.76 Å². The van der Waals surface area contributed by atoms with E-state index < -0.39 is 18.1 Å². The lowest BCUT2D eigenvalue weighted by Gasteiger charge is -2.39. The van der Waals surface area contributed by atoms with Crippen molar-refractivity contribution >= 4 is 44.7 Å². The number of carbonyl (C=O) groups is 2. The number of phenols is 1. The van der Waals surface area contributed by atoms with Gasteiger partial charge in [-0.1, -0.05) is 50.2 Å². The summed E-state index contributed by atoms with van der Waals surface area (Å²) in [7, 11) is 0. The normalized spacial score (nSPS) is 18.4. The third-order valence-corrected chi connectivity index (χ3v) is 13.1. The lowest BCUT2D eigenvalue weighted by atomic mass is 9.91. The van der Waals surface area contributed by atoms with Crippen molar-refractivity contribution in [3.63, 3.8) is 0 Å². The predicted molar refractivity (Wildman–Crippen MR) is 223 cm³/mol. The number of phenolic OH excluding ortho intramolecular Hbond substituents is 1. The summed E-state index contributed by atoms with van der Waals surface area (Å²) in [6.45, 7) is 10.8. The summed E-state index contributed by atoms with van der Waals surface area (Å²) < 4.78 is 11.6. The van der Waals surface area contributed by atoms with Gasteiger partial charge in [-0.25, -0.2) is 4.98 Å². The van der Waals surface area contributed by atoms with Gasteiger partial charge >= 0.3 is 0 Å². The van der Waals surface area contributed by atoms with Gasteiger partial charge < -0.3 is 29.7 Å². The van der Waals surface area contributed by atoms with Crippen molar-refractivity contribution in [3.8, 4) is 33.3 Å². The molecule has 2 amide bonds. The molecule has 6 heterocycles. The first-order chi connectivity index (χ1) is 28.0. The Balaban J connectivity index is 0.818. The molecular weight excluding hydrogens is 775 g/mol. The van der Waals surface area contributed by atoms with Crippen LogP contribution >= 0.6 is 22.7 Å². The zero-order valence-electron chi connectivity index (χ0n) is 32.9. The Kier molecular flexibility index (Phi) is 11.6. The second-order valence-electron chi connectivity index (χ2n) is 15.7. The number of thiazole rings is 1. The molecule has 2 aliphatic heterocycles. The minimum absolute atomic E-state index is 0.0589. The Bertz CT molecular complexity index is 2390. The fraction of sp³-hybridized carbons (Fsp3) is 0.395. The average Bonchev–Trinajstić information content (AvgIpc) is 4.00. The fourth-order valence-electron chi connectivity index (χ4n) is 7.98. The van der Waals surface area contributed by atoms with Gasteiger partial charge in [0, 0.05) is 54.5 Å². The summed E-state index contributed by atoms with van der Waals surface area (Å²) in [6, 6.07) is 19.9. The highest BCUT2D eigenvalue weighted by atomic mass is 32.1. The van der Waals surface area contributed by atoms with Crippen LogP contribution in [0.1, 0.15) is 61.0 Å². The number of fused-ring (bicyclic) bond motifs is 1. The van der Waals surface area contributed by atoms with Gasteiger partial charge in [0.05, 0.1) is 33.9 Å². The van der Waals surface area contributed by atoms with Crippen LogP contribution in [-0.2, 0) is 16.0 Å². The van der Waals surface area contributed by atoms with E-state index >= 15 is 0 Å². The second kappa shape index (κ2) is 16.9. The number of rotatable bonds is 14. The lowest BCUT2D eigenvalue weighted by Crippen LogP contribution is -2.48. The Morgan fingerprint density at radius 3 is 2.57 bits per heavy atom. The molecule has 6 aromatic rings. The molecule has 0 unspecified atom stereocenters. The van der Waals surface area contributed by atoms with Crippen LogP contribution in [0.5, 0.6) is 11.6 Å². The minimum atomic E-state index is -0.820. The maximum atomic E-state index is 14.1. The van der Waals surface area contributed by atoms with E-state index in [0.717, 1.165) is 58.0 Å². The monoisotopic (exact) mass is 821 g/mol. The number of aromatic hydroxyl groups is 1. The molecule has 0 aliphatic carbocycles. The first-order valence-corrected chi connectivity index (χ1v) is 21.4. The Morgan fingerprint density at radius 1 is 1.03 bits per heavy atom. The van der Waals surface area contributed by atoms with Gasteiger partial charge in [0.1, 0.15) is 29.1 Å². The molecular formula is C43H47N7O6S2. The fourth-order valence-corrected chi connectivity index (χ4v) is 9.86. The molecule has 2 aliphatic rings. The average molecular weight is 822 g/mol. The molecule has 15 heteroatoms. The number of nitrogens with zero attached hydrogens (tertiary/aromatic N) is 6. The third-order valence-electron chi connectivity index (χ3n) is 11.1. The number of aliphatic hydroxyl groups excluding tert-OH is 1. The van der Waals surface area contributed by atoms with Crippen LogP contribution in [0.3, 0.4) is 0 Å². The topological polar surface area (TPSA) is 167 Å². The molecule has 2 saturated heterocycles. The largest absolute Gasteiger partial charge is 0.507 e. The van der Waals surface area contributed by atoms with Gasteiger partial charge in [-0.2, -0.15) is 0 Å². The number of nitrogens with one attached hydrogen (secondary N) is 1. The summed E-state index contributed by atoms with van der Waals surface area (Å²) in [5, 5.41) is 37.9. The van der Waals surface area contributed by atoms with Crippen LogP contribution in [0.4, 0.5) is 0 Å². The standard InChI is InChI=1S/C43H47N7O6S2/c1-24(2)39(43(54)50-22-31(51)18-35(50)41(53)45-25(3)28-9-11-29(12-10-28)40-26(4)44-23-57-40)37-19-38(48-56-37)55-14-13-49-20-27(21-49)15-32-16-30-17-34(46-47-42(30)58-32)33-7-5-6-8-36(33)52/h5-12,16-17,19,23-25,27,31,35,39,51-52H,13-15,18,20-22H2,1-4H3,(H,45,53)/t25-,31+,35-,39+/m1/s1. The number of β-amino-alcohol motifs (C(OH)–C–C–N with tert-alkyl or cyclic N) is 1. The number of para-hydroxylation sites is 1. The molecule has 3 N–H and O–H groups in total. The smallest absolute Gasteiger partial charge is 0.254 e. The zero-order chi connectivity index (χ0) is 40.5. The van der Waals surface area contributed by atoms with Crippen molar-refractivity contribution in [3.05, 3.63) is 94.1 Å². The van der Waals surface area contributed by atoms with E-state index in [4.69, 9.17) is 9.26 Å². The van der Waals surface area contributed by atoms with Crippen molar-refractivity contribution in [2.24, 2.45) is 11.8 Å². The van der Waals surface area contributed by atoms with Crippen molar-refractivity contribution in [1.82, 2.24) is 35.5 Å². The molecule has 0 bridgehead atoms. The first kappa shape index (κ1) is 39.6. The number of likely N-dealkylation sites (tertiary alicyclic amines) is 2. The second-order valence-corrected chi connectivity index (χ2v) is 17.7. The van der Waals surface area contributed by atoms with Crippen molar-refractivity contribution in [2.75, 3.05) is 32.8 Å². The van der Waals surface area contributed by atoms with E-state index in [9.17, 15) is 19.8 Å². The summed E-state index contributed by atoms with van der Waals surface area (Å²) in [5.41, 5.74) is 6.14. The molecule has 4 atom stereocenters. The molecule has 0 radical (unpaired) electrons. The molecule has 2 fully saturated rings. The Labute approximate surface area is 344 Å². The number of aliphatic hydroxyl groups is 1. The van der Waals surface area contributed by atoms with Crippen LogP contribution in [0, 0.1) is 18.8 Å². The SMILES string of the molecule is Cc1ncsc1-c1ccc([C@@H](C)NC(=O)[C@H]2C[C@H](O)CN2C(=O)[C@H](c2cc(OCCN3CC(Cc4cc5cc(-c6ccccc6O)nnc5s4)C3)no2)C(C)C)cc1. The summed E-state index contributed by atoms with van der Waals surface area (Å²) in [4.78, 5) is 39.2. The molecule has 0 spiro atoms. The lowest BCUT2D eigenvalue weighted by molar-refractivity contribution is -0.141. The first-order valence-electron chi connectivity index (χ1n) is 19.7. The molecule has 58 heavy (non-hydrogen) atoms. The number of aryl methyl sites for hydroxylation is 1. The van der Waals surface area contributed by atoms with Crippen LogP contribution < -0.4 is 10.1 Å². The minimum Gasteiger partial charge on any atom is -0.507 e. The quantitative estimate of drug-likeness (QED) is 0.108. The summed E-state index contributed by atoms with van der Waals surface area (Å²) >= 11 is 3.25. The molecule has 13 nitrogen and oxygen atoms in total. The third kappa shape index (κ3) is 8.48. The van der Waals surface area contributed by atoms with Crippen LogP contribution in [0.15, 0.2) is 76.8 Å². The molecule has 8 rings (SSSR count). The van der Waals surface area contributed by atoms with Crippen molar-refractivity contribution < 1.29 is 29.1 Å². The Hall–Kier alpha value is -5.22. The molecule has 0 saturated carbocycles. The number of aromatic nitrogens is 4. The molecule has 2 aromatic carbocycles. The van der Waals surface area contributed by atoms with Gasteiger partial charge in [-0.3, -0.25) is 14.5 Å². The van der Waals surface area contributed by atoms with E-state index in [1.807, 2.05) is 75.7 Å². The van der Waals surface area contributed by atoms with E-state index in [1.54, 1.807) is 40.9 Å². The number of thiophene rings is 1. The van der Waals surface area contributed by atoms with E-state index in [-0.39, 0.29) is 42.5 Å². The highest BCUT2D eigenvalue weighted by molar-refractivity contribution is 7.18. The maximum absolute atomic E-state index is 14.1. The summed E-state index contributed by atoms with van der Waals surface area (Å²) in [5.74, 6) is -0.0937. The van der Waals surface area contributed by atoms with Crippen LogP contribution in [0.25, 0.3) is 31.9 Å². The van der Waals surface area contributed by atoms with E-state index in [2.05, 4.69) is 36.6 Å². The maximum Gasteiger partial charge on any atom is 0.254 e. The number of carbonyl (C=O) groups excluding carboxylic acids is 2. The summed E-state index contributed by atoms with van der Waals surface area (Å²) in [6.07, 6.45) is 0.295. The molecule has 4 aromatic heterocycles. The van der Waals surface area contributed by atoms with Gasteiger partial charge in [0.2, 0.25) is 11.8 Å². The molecule has 302 valence electrons. The number of ether oxygens (including phenoxy) is 1. The highest BCUT2D eigenvalue weighted by Crippen LogP contribution is 2.35. The van der Waals surface area contributed by atoms with E-state index in [0.29, 0.717) is 35.4 Å². The predicted octanol–water partition coefficient (Wildman–Crippen LogP) is 6.62. The van der Waals surface area contributed by atoms with Gasteiger partial charge in [-0.15, -0.1) is 32.9 Å². The highest BCUT2D eigenvalue weighted by Gasteiger charge is 2.43. The van der Waals surface area contributed by atoms with Crippen LogP contribution in [0.2, 0.25) is 0 Å². The van der Waals surface area contributed by atoms with Gasteiger partial charge in [0.25, 0.3) is 5.88 Å². The van der Waals surface area contributed by atoms with Gasteiger partial charge in [-0.05, 0) is 72.7 Å². The Morgan fingerprint density at radius 2 is 1.83 bits per heavy atom. The zero-order valence-corrected chi connectivity index (χ0v) is 34.5. The van der Waals surface area contributed by atoms with E-state index in [1.165, 1.54) is 9.78 Å². The number of amides is 2. The van der Waals surface area contributed by atoms with Crippen molar-refractivity contribution in [1.29, 1.82) is 0 Å².